The van der Waals surface area contributed by atoms with Gasteiger partial charge in [0.05, 0.1) is 22.8 Å². The Morgan fingerprint density at radius 1 is 1.18 bits per heavy atom. The number of carbonyl (C=O) groups is 2. The van der Waals surface area contributed by atoms with Gasteiger partial charge in [0.25, 0.3) is 0 Å². The van der Waals surface area contributed by atoms with Crippen LogP contribution in [-0.4, -0.2) is 45.5 Å². The lowest BCUT2D eigenvalue weighted by molar-refractivity contribution is -0.132. The normalized spacial score (nSPS) is 12.0. The Bertz CT molecular complexity index is 952. The molecule has 3 rings (SSSR count). The van der Waals surface area contributed by atoms with Gasteiger partial charge in [0.2, 0.25) is 11.8 Å². The number of amides is 2. The molecule has 0 radical (unpaired) electrons. The highest BCUT2D eigenvalue weighted by Crippen LogP contribution is 2.24. The van der Waals surface area contributed by atoms with E-state index < -0.39 is 0 Å². The fraction of sp³-hybridized carbons (Fsp3) is 0.286. The van der Waals surface area contributed by atoms with Gasteiger partial charge >= 0.3 is 0 Å². The summed E-state index contributed by atoms with van der Waals surface area (Å²) in [4.78, 5) is 34.2. The first kappa shape index (κ1) is 19.9. The number of aromatic amines is 1. The Balaban J connectivity index is 1.57. The van der Waals surface area contributed by atoms with Gasteiger partial charge in [0.1, 0.15) is 0 Å². The molecular weight excluding hydrogens is 372 g/mol. The third kappa shape index (κ3) is 4.72. The van der Waals surface area contributed by atoms with E-state index in [0.29, 0.717) is 5.16 Å². The van der Waals surface area contributed by atoms with Crippen molar-refractivity contribution in [2.45, 2.75) is 30.7 Å². The molecule has 7 heteroatoms. The van der Waals surface area contributed by atoms with Gasteiger partial charge in [-0.15, -0.1) is 0 Å². The van der Waals surface area contributed by atoms with Crippen molar-refractivity contribution in [2.24, 2.45) is 0 Å². The first-order valence-corrected chi connectivity index (χ1v) is 10.1. The smallest absolute Gasteiger partial charge is 0.243 e. The Morgan fingerprint density at radius 2 is 1.89 bits per heavy atom. The van der Waals surface area contributed by atoms with Crippen molar-refractivity contribution in [3.8, 4) is 0 Å². The molecule has 0 bridgehead atoms. The van der Waals surface area contributed by atoms with Crippen LogP contribution in [0.4, 0.5) is 5.69 Å². The molecule has 0 aliphatic carbocycles. The molecule has 1 heterocycles. The zero-order chi connectivity index (χ0) is 20.1. The molecule has 0 spiro atoms. The first-order valence-electron chi connectivity index (χ1n) is 9.22. The lowest BCUT2D eigenvalue weighted by atomic mass is 10.1. The van der Waals surface area contributed by atoms with Crippen LogP contribution < -0.4 is 5.32 Å². The number of carbonyl (C=O) groups excluding carboxylic acids is 2. The molecule has 1 aromatic heterocycles. The molecule has 0 saturated carbocycles. The van der Waals surface area contributed by atoms with Crippen LogP contribution in [0.5, 0.6) is 0 Å². The fourth-order valence-corrected chi connectivity index (χ4v) is 3.88. The summed E-state index contributed by atoms with van der Waals surface area (Å²) in [5, 5.41) is 3.23. The van der Waals surface area contributed by atoms with E-state index in [1.165, 1.54) is 16.7 Å². The summed E-state index contributed by atoms with van der Waals surface area (Å²) >= 11 is 1.35. The van der Waals surface area contributed by atoms with Gasteiger partial charge in [0, 0.05) is 12.7 Å². The maximum Gasteiger partial charge on any atom is 0.243 e. The number of H-pyrrole nitrogens is 1. The maximum atomic E-state index is 12.7. The first-order chi connectivity index (χ1) is 13.5. The van der Waals surface area contributed by atoms with Gasteiger partial charge in [0.15, 0.2) is 5.16 Å². The summed E-state index contributed by atoms with van der Waals surface area (Å²) in [6.45, 7) is 3.86. The number of fused-ring (bicyclic) bond motifs is 1. The van der Waals surface area contributed by atoms with Crippen molar-refractivity contribution in [3.63, 3.8) is 0 Å². The summed E-state index contributed by atoms with van der Waals surface area (Å²) in [5.41, 5.74) is 3.66. The van der Waals surface area contributed by atoms with E-state index in [-0.39, 0.29) is 23.6 Å². The number of nitrogens with zero attached hydrogens (tertiary/aromatic N) is 2. The molecule has 6 nitrogen and oxygen atoms in total. The molecule has 2 aromatic carbocycles. The monoisotopic (exact) mass is 396 g/mol. The molecule has 0 aliphatic heterocycles. The number of anilines is 1. The summed E-state index contributed by atoms with van der Waals surface area (Å²) in [6.07, 6.45) is 0.830. The zero-order valence-corrected chi connectivity index (χ0v) is 17.0. The minimum absolute atomic E-state index is 0.00190. The highest BCUT2D eigenvalue weighted by molar-refractivity contribution is 8.00. The number of aromatic nitrogens is 2. The largest absolute Gasteiger partial charge is 0.335 e. The number of hydrogen-bond acceptors (Lipinski definition) is 4. The Hall–Kier alpha value is -2.80. The molecule has 0 saturated heterocycles. The van der Waals surface area contributed by atoms with Gasteiger partial charge in [-0.2, -0.15) is 0 Å². The second-order valence-corrected chi connectivity index (χ2v) is 7.90. The number of likely N-dealkylation sites (N-methyl/N-ethyl adjacent to an activating group) is 1. The third-order valence-electron chi connectivity index (χ3n) is 4.43. The second-order valence-electron chi connectivity index (χ2n) is 6.57. The number of benzene rings is 2. The lowest BCUT2D eigenvalue weighted by Gasteiger charge is -2.20. The fourth-order valence-electron chi connectivity index (χ4n) is 2.95. The molecule has 146 valence electrons. The van der Waals surface area contributed by atoms with Gasteiger partial charge < -0.3 is 15.2 Å². The predicted molar refractivity (Wildman–Crippen MR) is 113 cm³/mol. The van der Waals surface area contributed by atoms with Crippen LogP contribution >= 0.6 is 11.8 Å². The van der Waals surface area contributed by atoms with E-state index in [9.17, 15) is 9.59 Å². The van der Waals surface area contributed by atoms with Crippen molar-refractivity contribution >= 4 is 40.3 Å². The van der Waals surface area contributed by atoms with E-state index in [2.05, 4.69) is 15.3 Å². The third-order valence-corrected chi connectivity index (χ3v) is 5.40. The molecule has 2 amide bonds. The minimum Gasteiger partial charge on any atom is -0.335 e. The van der Waals surface area contributed by atoms with Crippen molar-refractivity contribution in [3.05, 3.63) is 54.1 Å². The lowest BCUT2D eigenvalue weighted by Crippen LogP contribution is -2.39. The van der Waals surface area contributed by atoms with Gasteiger partial charge in [-0.1, -0.05) is 49.0 Å². The summed E-state index contributed by atoms with van der Waals surface area (Å²) in [6, 6.07) is 15.4. The number of imidazole rings is 1. The van der Waals surface area contributed by atoms with Crippen molar-refractivity contribution < 1.29 is 9.59 Å². The van der Waals surface area contributed by atoms with Crippen LogP contribution in [0.1, 0.15) is 19.4 Å². The average Bonchev–Trinajstić information content (AvgIpc) is 3.09. The van der Waals surface area contributed by atoms with E-state index in [4.69, 9.17) is 0 Å². The molecule has 0 aliphatic rings. The van der Waals surface area contributed by atoms with Crippen LogP contribution in [-0.2, 0) is 16.0 Å². The van der Waals surface area contributed by atoms with Crippen molar-refractivity contribution in [2.75, 3.05) is 18.9 Å². The van der Waals surface area contributed by atoms with Crippen LogP contribution in [0.25, 0.3) is 11.0 Å². The molecular formula is C21H24N4O2S. The SMILES string of the molecule is CCc1ccccc1NC(=O)CN(C)C(=O)C(C)Sc1nc2ccccc2[nH]1. The van der Waals surface area contributed by atoms with Gasteiger partial charge in [-0.25, -0.2) is 4.98 Å². The number of para-hydroxylation sites is 3. The average molecular weight is 397 g/mol. The number of aryl methyl sites for hydroxylation is 1. The second kappa shape index (κ2) is 8.93. The maximum absolute atomic E-state index is 12.7. The van der Waals surface area contributed by atoms with E-state index in [0.717, 1.165) is 28.7 Å². The summed E-state index contributed by atoms with van der Waals surface area (Å²) in [5.74, 6) is -0.331. The van der Waals surface area contributed by atoms with Crippen LogP contribution in [0, 0.1) is 0 Å². The van der Waals surface area contributed by atoms with Crippen LogP contribution in [0.3, 0.4) is 0 Å². The summed E-state index contributed by atoms with van der Waals surface area (Å²) in [7, 11) is 1.64. The minimum atomic E-state index is -0.360. The highest BCUT2D eigenvalue weighted by atomic mass is 32.2. The Kier molecular flexibility index (Phi) is 6.36. The predicted octanol–water partition coefficient (Wildman–Crippen LogP) is 3.70. The number of thioether (sulfide) groups is 1. The molecule has 3 aromatic rings. The zero-order valence-electron chi connectivity index (χ0n) is 16.2. The Labute approximate surface area is 168 Å². The van der Waals surface area contributed by atoms with E-state index in [1.807, 2.05) is 62.4 Å². The standard InChI is InChI=1S/C21H24N4O2S/c1-4-15-9-5-6-10-16(15)22-19(26)13-25(3)20(27)14(2)28-21-23-17-11-7-8-12-18(17)24-21/h5-12,14H,4,13H2,1-3H3,(H,22,26)(H,23,24). The molecule has 0 fully saturated rings. The molecule has 2 N–H and O–H groups in total. The highest BCUT2D eigenvalue weighted by Gasteiger charge is 2.22. The van der Waals surface area contributed by atoms with Crippen molar-refractivity contribution in [1.82, 2.24) is 14.9 Å². The van der Waals surface area contributed by atoms with Gasteiger partial charge in [-0.05, 0) is 37.1 Å². The molecule has 1 atom stereocenters. The van der Waals surface area contributed by atoms with Gasteiger partial charge in [-0.3, -0.25) is 9.59 Å². The number of rotatable bonds is 7. The topological polar surface area (TPSA) is 78.1 Å². The quantitative estimate of drug-likeness (QED) is 0.597. The van der Waals surface area contributed by atoms with Crippen molar-refractivity contribution in [1.29, 1.82) is 0 Å². The molecule has 1 unspecified atom stereocenters. The number of nitrogens with one attached hydrogen (secondary N) is 2. The van der Waals surface area contributed by atoms with E-state index in [1.54, 1.807) is 7.05 Å². The van der Waals surface area contributed by atoms with Crippen LogP contribution in [0.15, 0.2) is 53.7 Å². The number of hydrogen-bond donors (Lipinski definition) is 2. The van der Waals surface area contributed by atoms with Crippen LogP contribution in [0.2, 0.25) is 0 Å². The van der Waals surface area contributed by atoms with E-state index >= 15 is 0 Å². The Morgan fingerprint density at radius 3 is 2.64 bits per heavy atom. The molecule has 28 heavy (non-hydrogen) atoms. The summed E-state index contributed by atoms with van der Waals surface area (Å²) < 4.78 is 0.